The largest absolute Gasteiger partial charge is 0.481 e. The molecule has 2 saturated carbocycles. The zero-order valence-corrected chi connectivity index (χ0v) is 38.0. The van der Waals surface area contributed by atoms with Gasteiger partial charge in [-0.15, -0.1) is 0 Å². The van der Waals surface area contributed by atoms with Gasteiger partial charge in [-0.3, -0.25) is 24.0 Å². The van der Waals surface area contributed by atoms with Gasteiger partial charge in [-0.1, -0.05) is 72.0 Å². The number of Topliss-reactive ketones (excluding diaryl/α,β-unsaturated/α-hetero) is 1. The van der Waals surface area contributed by atoms with Gasteiger partial charge in [-0.2, -0.15) is 0 Å². The molecular formula is C23H38O7S15. The molecule has 0 unspecified atom stereocenters. The lowest BCUT2D eigenvalue weighted by Crippen LogP contribution is -2.18. The summed E-state index contributed by atoms with van der Waals surface area (Å²) in [5.74, 6) is -1.58. The number of aliphatic carboxylic acids is 2. The van der Waals surface area contributed by atoms with E-state index in [9.17, 15) is 24.0 Å². The van der Waals surface area contributed by atoms with Crippen LogP contribution in [0, 0.1) is 10.8 Å². The normalized spacial score (nSPS) is 14.2. The predicted molar refractivity (Wildman–Crippen MR) is 225 cm³/mol. The van der Waals surface area contributed by atoms with Gasteiger partial charge in [0.2, 0.25) is 5.12 Å². The first-order valence-electron chi connectivity index (χ1n) is 12.4. The van der Waals surface area contributed by atoms with Gasteiger partial charge in [0.1, 0.15) is 12.2 Å². The van der Waals surface area contributed by atoms with E-state index < -0.39 is 11.9 Å². The maximum absolute atomic E-state index is 11.6. The van der Waals surface area contributed by atoms with Crippen LogP contribution in [0.4, 0.5) is 0 Å². The van der Waals surface area contributed by atoms with Crippen molar-refractivity contribution < 1.29 is 34.2 Å². The number of carboxylic acids is 2. The summed E-state index contributed by atoms with van der Waals surface area (Å²) >= 11 is 20.5. The summed E-state index contributed by atoms with van der Waals surface area (Å²) in [5.41, 5.74) is -0.492. The molecule has 2 aliphatic rings. The molecule has 0 radical (unpaired) electrons. The number of carboxylic acid groups (broad SMARTS) is 2. The quantitative estimate of drug-likeness (QED) is 0.342. The average Bonchev–Trinajstić information content (AvgIpc) is 3.80. The highest BCUT2D eigenvalue weighted by Gasteiger charge is 2.45. The van der Waals surface area contributed by atoms with E-state index in [0.29, 0.717) is 0 Å². The molecule has 7 nitrogen and oxygen atoms in total. The van der Waals surface area contributed by atoms with Crippen LogP contribution in [-0.4, -0.2) is 47.7 Å². The third kappa shape index (κ3) is 36.6. The molecule has 0 saturated heterocycles. The first-order valence-corrected chi connectivity index (χ1v) is 28.7. The van der Waals surface area contributed by atoms with E-state index in [1.54, 1.807) is 33.6 Å². The fraction of sp³-hybridized carbons (Fsp3) is 0.783. The van der Waals surface area contributed by atoms with Crippen molar-refractivity contribution in [3.8, 4) is 0 Å². The molecule has 0 spiro atoms. The van der Waals surface area contributed by atoms with Gasteiger partial charge in [0.15, 0.2) is 5.12 Å². The lowest BCUT2D eigenvalue weighted by molar-refractivity contribution is -0.142. The van der Waals surface area contributed by atoms with Crippen molar-refractivity contribution in [1.82, 2.24) is 0 Å². The summed E-state index contributed by atoms with van der Waals surface area (Å²) in [5, 5.41) is 16.3. The van der Waals surface area contributed by atoms with Gasteiger partial charge in [0.25, 0.3) is 0 Å². The van der Waals surface area contributed by atoms with Crippen LogP contribution < -0.4 is 0 Å². The van der Waals surface area contributed by atoms with Crippen molar-refractivity contribution in [3.05, 3.63) is 0 Å². The molecule has 2 fully saturated rings. The Kier molecular flexibility index (Phi) is 30.8. The average molecular weight is 908 g/mol. The molecule has 22 heteroatoms. The molecule has 0 atom stereocenters. The molecule has 0 amide bonds. The van der Waals surface area contributed by atoms with Crippen LogP contribution in [0.15, 0.2) is 0 Å². The minimum absolute atomic E-state index is 0.00984. The summed E-state index contributed by atoms with van der Waals surface area (Å²) in [6.07, 6.45) is 3.36. The Morgan fingerprint density at radius 1 is 0.578 bits per heavy atom. The highest BCUT2D eigenvalue weighted by Crippen LogP contribution is 2.47. The lowest BCUT2D eigenvalue weighted by Gasteiger charge is -2.16. The van der Waals surface area contributed by atoms with Crippen LogP contribution >= 0.6 is 23.5 Å². The molecular weight excluding hydrogens is 869 g/mol. The fourth-order valence-electron chi connectivity index (χ4n) is 2.15. The zero-order valence-electron chi connectivity index (χ0n) is 25.8. The van der Waals surface area contributed by atoms with E-state index in [1.807, 2.05) is 48.5 Å². The molecule has 0 aromatic carbocycles. The Bertz CT molecular complexity index is 1380. The summed E-state index contributed by atoms with van der Waals surface area (Å²) in [7, 11) is 13.0. The second kappa shape index (κ2) is 27.3. The van der Waals surface area contributed by atoms with Crippen LogP contribution in [0.1, 0.15) is 93.9 Å². The number of carbonyl (C=O) groups is 5. The van der Waals surface area contributed by atoms with Gasteiger partial charge >= 0.3 is 11.9 Å². The molecule has 262 valence electrons. The van der Waals surface area contributed by atoms with Gasteiger partial charge in [-0.05, 0) is 32.6 Å². The van der Waals surface area contributed by atoms with Crippen molar-refractivity contribution in [2.45, 2.75) is 103 Å². The third-order valence-corrected chi connectivity index (χ3v) is 22.3. The standard InChI is InChI=1S/C11H18O2S.C7H12O3S.C5H8O2.S7.S6/c1-10(2,3)14-9(13)7-8(12)11(4)5-6-11;1-7(2,3)11-6(10)4-5(8)9;1-5(2-3-5)4(6)7;1-3-5-7-6-4-2;1-3-5-6-4-2/h5-7H2,1-4H3;4H2,1-3H3,(H,8,9);2-3H2,1H3,(H,6,7);;. The van der Waals surface area contributed by atoms with E-state index in [0.717, 1.165) is 37.4 Å². The topological polar surface area (TPSA) is 126 Å². The summed E-state index contributed by atoms with van der Waals surface area (Å²) in [4.78, 5) is 54.1. The Hall–Kier alpha value is 1.51. The molecule has 2 aliphatic carbocycles. The number of hydrogen-bond acceptors (Lipinski definition) is 11. The number of rotatable bonds is 6. The van der Waals surface area contributed by atoms with Crippen LogP contribution in [0.3, 0.4) is 0 Å². The molecule has 0 aromatic rings. The van der Waals surface area contributed by atoms with Gasteiger partial charge < -0.3 is 10.2 Å². The third-order valence-electron chi connectivity index (χ3n) is 4.82. The minimum Gasteiger partial charge on any atom is -0.481 e. The number of thioether (sulfide) groups is 2. The molecule has 0 bridgehead atoms. The molecule has 0 heterocycles. The maximum Gasteiger partial charge on any atom is 0.311 e. The second-order valence-electron chi connectivity index (χ2n) is 11.4. The highest BCUT2D eigenvalue weighted by molar-refractivity contribution is 8.68. The van der Waals surface area contributed by atoms with E-state index in [2.05, 4.69) is 44.8 Å². The highest BCUT2D eigenvalue weighted by atomic mass is 33.4. The summed E-state index contributed by atoms with van der Waals surface area (Å²) in [6.45, 7) is 15.3. The predicted octanol–water partition coefficient (Wildman–Crippen LogP) is 5.16. The Morgan fingerprint density at radius 2 is 0.889 bits per heavy atom. The Labute approximate surface area is 320 Å². The molecule has 45 heavy (non-hydrogen) atoms. The second-order valence-corrected chi connectivity index (χ2v) is 31.1. The minimum atomic E-state index is -1.06. The number of hydrogen-bond donors (Lipinski definition) is 2. The molecule has 2 rings (SSSR count). The van der Waals surface area contributed by atoms with E-state index >= 15 is 0 Å². The molecule has 2 N–H and O–H groups in total. The first kappa shape index (κ1) is 50.9. The van der Waals surface area contributed by atoms with Crippen molar-refractivity contribution in [2.24, 2.45) is 10.8 Å². The van der Waals surface area contributed by atoms with Crippen LogP contribution in [0.5, 0.6) is 0 Å². The Balaban J connectivity index is -0.000000511. The van der Waals surface area contributed by atoms with Gasteiger partial charge in [0, 0.05) is 140 Å². The number of ketones is 1. The lowest BCUT2D eigenvalue weighted by atomic mass is 10.0. The molecule has 0 aliphatic heterocycles. The van der Waals surface area contributed by atoms with Crippen molar-refractivity contribution >= 4 is 176 Å². The summed E-state index contributed by atoms with van der Waals surface area (Å²) < 4.78 is -0.269. The van der Waals surface area contributed by atoms with E-state index in [4.69, 9.17) is 10.2 Å². The van der Waals surface area contributed by atoms with Crippen molar-refractivity contribution in [3.63, 3.8) is 0 Å². The van der Waals surface area contributed by atoms with Gasteiger partial charge in [-0.25, -0.2) is 0 Å². The maximum atomic E-state index is 11.6. The SMILES string of the molecule is CC(C)(C)SC(=O)CC(=O)C1(C)CC1.CC(C)(C)SC(=O)CC(=O)O.CC1(C(=O)O)CC1.S=S=S=S=S=S.S=S=S=S=S=S=S. The Morgan fingerprint density at radius 3 is 1.11 bits per heavy atom. The first-order chi connectivity index (χ1) is 20.5. The van der Waals surface area contributed by atoms with Crippen molar-refractivity contribution in [2.75, 3.05) is 0 Å². The number of carbonyl (C=O) groups excluding carboxylic acids is 3. The van der Waals surface area contributed by atoms with Gasteiger partial charge in [0.05, 0.1) is 11.8 Å². The van der Waals surface area contributed by atoms with Crippen LogP contribution in [0.25, 0.3) is 0 Å². The summed E-state index contributed by atoms with van der Waals surface area (Å²) in [6, 6.07) is 0. The van der Waals surface area contributed by atoms with E-state index in [-0.39, 0.29) is 49.2 Å². The van der Waals surface area contributed by atoms with Crippen molar-refractivity contribution in [1.29, 1.82) is 0 Å². The fourth-order valence-corrected chi connectivity index (χ4v) is 17.6. The smallest absolute Gasteiger partial charge is 0.311 e. The van der Waals surface area contributed by atoms with E-state index in [1.165, 1.54) is 65.0 Å². The van der Waals surface area contributed by atoms with Crippen LogP contribution in [-0.2, 0) is 149 Å². The molecule has 0 aromatic heterocycles. The monoisotopic (exact) mass is 906 g/mol. The van der Waals surface area contributed by atoms with Crippen LogP contribution in [0.2, 0.25) is 0 Å². The zero-order chi connectivity index (χ0) is 35.9.